The summed E-state index contributed by atoms with van der Waals surface area (Å²) in [5.74, 6) is 0.797. The third-order valence-corrected chi connectivity index (χ3v) is 3.89. The second-order valence-electron chi connectivity index (χ2n) is 4.91. The molecule has 1 aliphatic carbocycles. The van der Waals surface area contributed by atoms with Crippen LogP contribution >= 0.6 is 15.9 Å². The Balaban J connectivity index is 1.80. The van der Waals surface area contributed by atoms with Gasteiger partial charge >= 0.3 is 0 Å². The largest absolute Gasteiger partial charge is 0.490 e. The molecule has 3 rings (SSSR count). The first kappa shape index (κ1) is 13.2. The smallest absolute Gasteiger partial charge is 0.193 e. The molecule has 0 saturated heterocycles. The van der Waals surface area contributed by atoms with Crippen molar-refractivity contribution in [1.82, 2.24) is 0 Å². The van der Waals surface area contributed by atoms with E-state index in [1.807, 2.05) is 12.1 Å². The summed E-state index contributed by atoms with van der Waals surface area (Å²) in [6, 6.07) is 12.5. The molecule has 1 fully saturated rings. The maximum Gasteiger partial charge on any atom is 0.193 e. The molecular formula is C16H14BrNO2. The molecular weight excluding hydrogens is 318 g/mol. The van der Waals surface area contributed by atoms with E-state index in [2.05, 4.69) is 15.9 Å². The molecule has 20 heavy (non-hydrogen) atoms. The predicted molar refractivity (Wildman–Crippen MR) is 82.1 cm³/mol. The van der Waals surface area contributed by atoms with Crippen molar-refractivity contribution in [3.63, 3.8) is 0 Å². The molecule has 1 saturated carbocycles. The molecule has 0 bridgehead atoms. The quantitative estimate of drug-likeness (QED) is 0.684. The molecule has 0 aromatic heterocycles. The minimum atomic E-state index is -0.0244. The van der Waals surface area contributed by atoms with E-state index in [4.69, 9.17) is 10.5 Å². The molecule has 0 spiro atoms. The Labute approximate surface area is 125 Å². The molecule has 3 nitrogen and oxygen atoms in total. The van der Waals surface area contributed by atoms with Crippen LogP contribution in [-0.2, 0) is 0 Å². The van der Waals surface area contributed by atoms with Gasteiger partial charge in [0.1, 0.15) is 5.75 Å². The maximum absolute atomic E-state index is 12.4. The monoisotopic (exact) mass is 331 g/mol. The topological polar surface area (TPSA) is 52.3 Å². The average molecular weight is 332 g/mol. The highest BCUT2D eigenvalue weighted by Crippen LogP contribution is 2.27. The molecule has 1 aliphatic rings. The summed E-state index contributed by atoms with van der Waals surface area (Å²) in [7, 11) is 0. The van der Waals surface area contributed by atoms with Crippen LogP contribution in [0.15, 0.2) is 46.9 Å². The van der Waals surface area contributed by atoms with Crippen molar-refractivity contribution in [2.75, 3.05) is 5.73 Å². The van der Waals surface area contributed by atoms with Crippen molar-refractivity contribution in [3.8, 4) is 5.75 Å². The lowest BCUT2D eigenvalue weighted by atomic mass is 10.0. The Hall–Kier alpha value is -1.81. The SMILES string of the molecule is Nc1ccc(C(=O)c2ccc(OC3CC3)cc2)cc1Br. The van der Waals surface area contributed by atoms with Crippen LogP contribution in [0.25, 0.3) is 0 Å². The number of carbonyl (C=O) groups is 1. The molecule has 2 N–H and O–H groups in total. The first-order chi connectivity index (χ1) is 9.63. The van der Waals surface area contributed by atoms with Gasteiger partial charge < -0.3 is 10.5 Å². The normalized spacial score (nSPS) is 14.1. The van der Waals surface area contributed by atoms with Crippen LogP contribution in [0, 0.1) is 0 Å². The van der Waals surface area contributed by atoms with Gasteiger partial charge in [-0.1, -0.05) is 0 Å². The van der Waals surface area contributed by atoms with Gasteiger partial charge in [-0.2, -0.15) is 0 Å². The van der Waals surface area contributed by atoms with Crippen molar-refractivity contribution in [1.29, 1.82) is 0 Å². The summed E-state index contributed by atoms with van der Waals surface area (Å²) in [4.78, 5) is 12.4. The van der Waals surface area contributed by atoms with Crippen molar-refractivity contribution >= 4 is 27.4 Å². The summed E-state index contributed by atoms with van der Waals surface area (Å²) >= 11 is 3.34. The Kier molecular flexibility index (Phi) is 3.49. The van der Waals surface area contributed by atoms with E-state index >= 15 is 0 Å². The van der Waals surface area contributed by atoms with Crippen molar-refractivity contribution in [2.45, 2.75) is 18.9 Å². The number of halogens is 1. The van der Waals surface area contributed by atoms with Gasteiger partial charge in [0.15, 0.2) is 5.78 Å². The van der Waals surface area contributed by atoms with E-state index in [1.165, 1.54) is 0 Å². The zero-order valence-electron chi connectivity index (χ0n) is 10.8. The van der Waals surface area contributed by atoms with E-state index in [0.717, 1.165) is 23.1 Å². The minimum absolute atomic E-state index is 0.0244. The maximum atomic E-state index is 12.4. The van der Waals surface area contributed by atoms with Crippen LogP contribution < -0.4 is 10.5 Å². The first-order valence-corrected chi connectivity index (χ1v) is 7.29. The van der Waals surface area contributed by atoms with Crippen molar-refractivity contribution in [2.24, 2.45) is 0 Å². The molecule has 2 aromatic carbocycles. The average Bonchev–Trinajstić information content (AvgIpc) is 3.26. The van der Waals surface area contributed by atoms with Gasteiger partial charge in [-0.25, -0.2) is 0 Å². The number of rotatable bonds is 4. The van der Waals surface area contributed by atoms with Crippen LogP contribution in [0.1, 0.15) is 28.8 Å². The number of nitrogens with two attached hydrogens (primary N) is 1. The van der Waals surface area contributed by atoms with E-state index in [1.54, 1.807) is 30.3 Å². The van der Waals surface area contributed by atoms with E-state index in [9.17, 15) is 4.79 Å². The number of ketones is 1. The second kappa shape index (κ2) is 5.29. The van der Waals surface area contributed by atoms with Gasteiger partial charge in [0.25, 0.3) is 0 Å². The molecule has 0 aliphatic heterocycles. The third-order valence-electron chi connectivity index (χ3n) is 3.21. The number of hydrogen-bond donors (Lipinski definition) is 1. The third kappa shape index (κ3) is 2.85. The summed E-state index contributed by atoms with van der Waals surface area (Å²) in [5.41, 5.74) is 7.60. The van der Waals surface area contributed by atoms with Crippen LogP contribution in [0.5, 0.6) is 5.75 Å². The summed E-state index contributed by atoms with van der Waals surface area (Å²) in [6.07, 6.45) is 2.62. The summed E-state index contributed by atoms with van der Waals surface area (Å²) in [5, 5.41) is 0. The van der Waals surface area contributed by atoms with Crippen LogP contribution in [0.3, 0.4) is 0 Å². The molecule has 0 atom stereocenters. The molecule has 0 unspecified atom stereocenters. The number of nitrogen functional groups attached to an aromatic ring is 1. The molecule has 4 heteroatoms. The van der Waals surface area contributed by atoms with Crippen LogP contribution in [0.2, 0.25) is 0 Å². The summed E-state index contributed by atoms with van der Waals surface area (Å²) in [6.45, 7) is 0. The fourth-order valence-electron chi connectivity index (χ4n) is 1.90. The van der Waals surface area contributed by atoms with E-state index in [-0.39, 0.29) is 5.78 Å². The van der Waals surface area contributed by atoms with Gasteiger partial charge in [0.05, 0.1) is 6.10 Å². The van der Waals surface area contributed by atoms with Crippen molar-refractivity contribution < 1.29 is 9.53 Å². The van der Waals surface area contributed by atoms with Gasteiger partial charge in [0.2, 0.25) is 0 Å². The fourth-order valence-corrected chi connectivity index (χ4v) is 2.28. The van der Waals surface area contributed by atoms with E-state index < -0.39 is 0 Å². The van der Waals surface area contributed by atoms with Gasteiger partial charge in [0, 0.05) is 21.3 Å². The van der Waals surface area contributed by atoms with Gasteiger partial charge in [-0.3, -0.25) is 4.79 Å². The predicted octanol–water partition coefficient (Wildman–Crippen LogP) is 3.80. The second-order valence-corrected chi connectivity index (χ2v) is 5.76. The Morgan fingerprint density at radius 2 is 1.75 bits per heavy atom. The van der Waals surface area contributed by atoms with E-state index in [0.29, 0.717) is 22.9 Å². The Morgan fingerprint density at radius 1 is 1.10 bits per heavy atom. The minimum Gasteiger partial charge on any atom is -0.490 e. The molecule has 0 heterocycles. The lowest BCUT2D eigenvalue weighted by molar-refractivity contribution is 0.103. The number of ether oxygens (including phenoxy) is 1. The highest BCUT2D eigenvalue weighted by atomic mass is 79.9. The highest BCUT2D eigenvalue weighted by molar-refractivity contribution is 9.10. The van der Waals surface area contributed by atoms with Gasteiger partial charge in [-0.15, -0.1) is 0 Å². The molecule has 0 amide bonds. The molecule has 102 valence electrons. The zero-order valence-corrected chi connectivity index (χ0v) is 12.4. The first-order valence-electron chi connectivity index (χ1n) is 6.50. The lowest BCUT2D eigenvalue weighted by Gasteiger charge is -2.06. The fraction of sp³-hybridized carbons (Fsp3) is 0.188. The Bertz CT molecular complexity index is 648. The number of anilines is 1. The highest BCUT2D eigenvalue weighted by Gasteiger charge is 2.23. The molecule has 2 aromatic rings. The Morgan fingerprint density at radius 3 is 2.35 bits per heavy atom. The summed E-state index contributed by atoms with van der Waals surface area (Å²) < 4.78 is 6.40. The van der Waals surface area contributed by atoms with Crippen LogP contribution in [0.4, 0.5) is 5.69 Å². The number of hydrogen-bond acceptors (Lipinski definition) is 3. The standard InChI is InChI=1S/C16H14BrNO2/c17-14-9-11(3-8-15(14)18)16(19)10-1-4-12(5-2-10)20-13-6-7-13/h1-5,8-9,13H,6-7,18H2. The molecule has 0 radical (unpaired) electrons. The number of carbonyl (C=O) groups excluding carboxylic acids is 1. The van der Waals surface area contributed by atoms with Crippen LogP contribution in [-0.4, -0.2) is 11.9 Å². The van der Waals surface area contributed by atoms with Crippen molar-refractivity contribution in [3.05, 3.63) is 58.1 Å². The lowest BCUT2D eigenvalue weighted by Crippen LogP contribution is -2.02. The number of benzene rings is 2. The zero-order chi connectivity index (χ0) is 14.1. The van der Waals surface area contributed by atoms with Gasteiger partial charge in [-0.05, 0) is 71.2 Å².